The molecule has 2 rings (SSSR count). The summed E-state index contributed by atoms with van der Waals surface area (Å²) >= 11 is 0. The topological polar surface area (TPSA) is 49.9 Å². The molecule has 0 spiro atoms. The third-order valence-corrected chi connectivity index (χ3v) is 3.47. The molecule has 0 aromatic heterocycles. The van der Waals surface area contributed by atoms with Gasteiger partial charge in [0.05, 0.1) is 18.5 Å². The van der Waals surface area contributed by atoms with Crippen molar-refractivity contribution in [1.82, 2.24) is 4.31 Å². The van der Waals surface area contributed by atoms with Crippen molar-refractivity contribution in [3.63, 3.8) is 0 Å². The SMILES string of the molecule is CS(=O)(=O)N1CC[C@H]2OC2C1. The largest absolute Gasteiger partial charge is 0.368 e. The van der Waals surface area contributed by atoms with Gasteiger partial charge in [0.2, 0.25) is 10.0 Å². The maximum atomic E-state index is 11.0. The molecule has 0 saturated carbocycles. The summed E-state index contributed by atoms with van der Waals surface area (Å²) in [6.07, 6.45) is 2.65. The lowest BCUT2D eigenvalue weighted by Crippen LogP contribution is -2.38. The highest BCUT2D eigenvalue weighted by Crippen LogP contribution is 2.31. The van der Waals surface area contributed by atoms with E-state index in [1.807, 2.05) is 0 Å². The number of ether oxygens (including phenoxy) is 1. The molecule has 0 N–H and O–H groups in total. The van der Waals surface area contributed by atoms with Crippen LogP contribution in [-0.4, -0.2) is 44.3 Å². The Morgan fingerprint density at radius 1 is 1.45 bits per heavy atom. The first-order chi connectivity index (χ1) is 5.07. The normalized spacial score (nSPS) is 38.3. The quantitative estimate of drug-likeness (QED) is 0.503. The predicted molar refractivity (Wildman–Crippen MR) is 39.7 cm³/mol. The van der Waals surface area contributed by atoms with Gasteiger partial charge in [0.25, 0.3) is 0 Å². The highest BCUT2D eigenvalue weighted by atomic mass is 32.2. The van der Waals surface area contributed by atoms with Crippen molar-refractivity contribution in [2.75, 3.05) is 19.3 Å². The fourth-order valence-corrected chi connectivity index (χ4v) is 2.31. The van der Waals surface area contributed by atoms with E-state index in [2.05, 4.69) is 0 Å². The molecule has 0 radical (unpaired) electrons. The van der Waals surface area contributed by atoms with Gasteiger partial charge in [-0.3, -0.25) is 0 Å². The first-order valence-electron chi connectivity index (χ1n) is 3.68. The van der Waals surface area contributed by atoms with Crippen molar-refractivity contribution in [2.45, 2.75) is 18.6 Å². The first kappa shape index (κ1) is 7.52. The average Bonchev–Trinajstić information content (AvgIpc) is 2.60. The number of rotatable bonds is 1. The van der Waals surface area contributed by atoms with Crippen LogP contribution in [0.15, 0.2) is 0 Å². The molecule has 2 saturated heterocycles. The van der Waals surface area contributed by atoms with Crippen LogP contribution in [0.3, 0.4) is 0 Å². The van der Waals surface area contributed by atoms with E-state index in [-0.39, 0.29) is 6.10 Å². The minimum atomic E-state index is -2.98. The minimum Gasteiger partial charge on any atom is -0.368 e. The molecule has 2 aliphatic rings. The maximum absolute atomic E-state index is 11.0. The zero-order chi connectivity index (χ0) is 8.06. The highest BCUT2D eigenvalue weighted by molar-refractivity contribution is 7.88. The molecule has 2 fully saturated rings. The summed E-state index contributed by atoms with van der Waals surface area (Å²) in [6.45, 7) is 1.18. The van der Waals surface area contributed by atoms with Crippen molar-refractivity contribution < 1.29 is 13.2 Å². The lowest BCUT2D eigenvalue weighted by atomic mass is 10.2. The molecule has 2 atom stereocenters. The number of fused-ring (bicyclic) bond motifs is 1. The Labute approximate surface area is 66.2 Å². The van der Waals surface area contributed by atoms with Crippen LogP contribution in [0.5, 0.6) is 0 Å². The molecular weight excluding hydrogens is 166 g/mol. The van der Waals surface area contributed by atoms with Crippen molar-refractivity contribution in [1.29, 1.82) is 0 Å². The average molecular weight is 177 g/mol. The van der Waals surface area contributed by atoms with Crippen molar-refractivity contribution in [3.05, 3.63) is 0 Å². The van der Waals surface area contributed by atoms with E-state index in [4.69, 9.17) is 4.74 Å². The second-order valence-electron chi connectivity index (χ2n) is 3.12. The van der Waals surface area contributed by atoms with Crippen molar-refractivity contribution >= 4 is 10.0 Å². The zero-order valence-electron chi connectivity index (χ0n) is 6.36. The molecule has 2 heterocycles. The van der Waals surface area contributed by atoms with Gasteiger partial charge in [-0.25, -0.2) is 8.42 Å². The van der Waals surface area contributed by atoms with Gasteiger partial charge in [0.1, 0.15) is 0 Å². The Morgan fingerprint density at radius 3 is 2.73 bits per heavy atom. The van der Waals surface area contributed by atoms with Gasteiger partial charge in [-0.1, -0.05) is 0 Å². The molecule has 0 aliphatic carbocycles. The summed E-state index contributed by atoms with van der Waals surface area (Å²) < 4.78 is 28.7. The zero-order valence-corrected chi connectivity index (χ0v) is 7.17. The molecule has 4 nitrogen and oxygen atoms in total. The minimum absolute atomic E-state index is 0.193. The standard InChI is InChI=1S/C6H11NO3S/c1-11(8,9)7-3-2-5-6(4-7)10-5/h5-6H,2-4H2,1H3/t5-,6?/m1/s1. The number of hydrogen-bond donors (Lipinski definition) is 0. The van der Waals surface area contributed by atoms with Crippen LogP contribution in [0, 0.1) is 0 Å². The van der Waals surface area contributed by atoms with Gasteiger partial charge in [0.15, 0.2) is 0 Å². The number of epoxide rings is 1. The Kier molecular flexibility index (Phi) is 1.49. The molecule has 0 amide bonds. The molecule has 0 aromatic rings. The maximum Gasteiger partial charge on any atom is 0.211 e. The summed E-state index contributed by atoms with van der Waals surface area (Å²) in [5.41, 5.74) is 0. The lowest BCUT2D eigenvalue weighted by Gasteiger charge is -2.20. The van der Waals surface area contributed by atoms with Crippen LogP contribution in [-0.2, 0) is 14.8 Å². The van der Waals surface area contributed by atoms with E-state index in [1.165, 1.54) is 10.6 Å². The van der Waals surface area contributed by atoms with Crippen LogP contribution in [0.4, 0.5) is 0 Å². The molecule has 64 valence electrons. The number of nitrogens with zero attached hydrogens (tertiary/aromatic N) is 1. The molecule has 0 aromatic carbocycles. The van der Waals surface area contributed by atoms with Gasteiger partial charge in [-0.15, -0.1) is 0 Å². The van der Waals surface area contributed by atoms with E-state index in [9.17, 15) is 8.42 Å². The highest BCUT2D eigenvalue weighted by Gasteiger charge is 2.45. The molecule has 11 heavy (non-hydrogen) atoms. The summed E-state index contributed by atoms with van der Waals surface area (Å²) in [5, 5.41) is 0. The van der Waals surface area contributed by atoms with E-state index < -0.39 is 10.0 Å². The van der Waals surface area contributed by atoms with E-state index >= 15 is 0 Å². The molecule has 2 aliphatic heterocycles. The van der Waals surface area contributed by atoms with Gasteiger partial charge >= 0.3 is 0 Å². The van der Waals surface area contributed by atoms with Crippen LogP contribution in [0.2, 0.25) is 0 Å². The van der Waals surface area contributed by atoms with Crippen LogP contribution < -0.4 is 0 Å². The Hall–Kier alpha value is -0.130. The molecule has 1 unspecified atom stereocenters. The second-order valence-corrected chi connectivity index (χ2v) is 5.11. The Morgan fingerprint density at radius 2 is 2.18 bits per heavy atom. The molecular formula is C6H11NO3S. The lowest BCUT2D eigenvalue weighted by molar-refractivity contribution is 0.359. The van der Waals surface area contributed by atoms with Crippen LogP contribution in [0.25, 0.3) is 0 Å². The summed E-state index contributed by atoms with van der Waals surface area (Å²) in [5.74, 6) is 0. The van der Waals surface area contributed by atoms with Crippen molar-refractivity contribution in [3.8, 4) is 0 Å². The fourth-order valence-electron chi connectivity index (χ4n) is 1.46. The van der Waals surface area contributed by atoms with Gasteiger partial charge in [-0.05, 0) is 6.42 Å². The first-order valence-corrected chi connectivity index (χ1v) is 5.53. The van der Waals surface area contributed by atoms with Gasteiger partial charge in [-0.2, -0.15) is 4.31 Å². The monoisotopic (exact) mass is 177 g/mol. The van der Waals surface area contributed by atoms with E-state index in [0.29, 0.717) is 19.2 Å². The third-order valence-electron chi connectivity index (χ3n) is 2.20. The Bertz CT molecular complexity index is 261. The third kappa shape index (κ3) is 1.40. The van der Waals surface area contributed by atoms with Gasteiger partial charge in [0, 0.05) is 13.1 Å². The molecule has 5 heteroatoms. The Balaban J connectivity index is 2.06. The fraction of sp³-hybridized carbons (Fsp3) is 1.00. The summed E-state index contributed by atoms with van der Waals surface area (Å²) in [7, 11) is -2.98. The summed E-state index contributed by atoms with van der Waals surface area (Å²) in [6, 6.07) is 0. The number of hydrogen-bond acceptors (Lipinski definition) is 3. The van der Waals surface area contributed by atoms with Crippen LogP contribution in [0.1, 0.15) is 6.42 Å². The number of piperidine rings is 1. The predicted octanol–water partition coefficient (Wildman–Crippen LogP) is -0.581. The van der Waals surface area contributed by atoms with Gasteiger partial charge < -0.3 is 4.74 Å². The van der Waals surface area contributed by atoms with Crippen LogP contribution >= 0.6 is 0 Å². The molecule has 0 bridgehead atoms. The van der Waals surface area contributed by atoms with E-state index in [0.717, 1.165) is 6.42 Å². The second kappa shape index (κ2) is 2.18. The van der Waals surface area contributed by atoms with Crippen molar-refractivity contribution in [2.24, 2.45) is 0 Å². The smallest absolute Gasteiger partial charge is 0.211 e. The summed E-state index contributed by atoms with van der Waals surface area (Å²) in [4.78, 5) is 0. The number of sulfonamides is 1. The van der Waals surface area contributed by atoms with E-state index in [1.54, 1.807) is 0 Å².